The highest BCUT2D eigenvalue weighted by Gasteiger charge is 2.38. The zero-order chi connectivity index (χ0) is 34.5. The van der Waals surface area contributed by atoms with E-state index in [4.69, 9.17) is 21.1 Å². The minimum atomic E-state index is -3.53. The molecule has 0 aromatic heterocycles. The maximum atomic E-state index is 14.4. The number of allylic oxidation sites excluding steroid dienone is 1. The highest BCUT2D eigenvalue weighted by atomic mass is 35.5. The third-order valence-corrected chi connectivity index (χ3v) is 12.6. The Bertz CT molecular complexity index is 1680. The topological polar surface area (TPSA) is 130 Å². The molecule has 0 spiro atoms. The van der Waals surface area contributed by atoms with Crippen LogP contribution >= 0.6 is 11.6 Å². The summed E-state index contributed by atoms with van der Waals surface area (Å²) in [5, 5.41) is 13.4. The number of ether oxygens (including phenoxy) is 2. The Kier molecular flexibility index (Phi) is 11.5. The molecule has 6 rings (SSSR count). The smallest absolute Gasteiger partial charge is 0.327 e. The maximum absolute atomic E-state index is 14.4. The van der Waals surface area contributed by atoms with Gasteiger partial charge < -0.3 is 24.8 Å². The van der Waals surface area contributed by atoms with Crippen LogP contribution in [0.3, 0.4) is 0 Å². The number of anilines is 1. The van der Waals surface area contributed by atoms with E-state index >= 15 is 0 Å². The second kappa shape index (κ2) is 15.8. The Labute approximate surface area is 295 Å². The van der Waals surface area contributed by atoms with Gasteiger partial charge in [-0.05, 0) is 117 Å². The van der Waals surface area contributed by atoms with Gasteiger partial charge in [0.2, 0.25) is 0 Å². The van der Waals surface area contributed by atoms with Crippen LogP contribution in [0.2, 0.25) is 5.02 Å². The lowest BCUT2D eigenvalue weighted by atomic mass is 9.70. The zero-order valence-corrected chi connectivity index (χ0v) is 30.0. The molecule has 2 fully saturated rings. The number of carbonyl (C=O) groups is 2. The molecule has 7 atom stereocenters. The number of nitrogens with one attached hydrogen (secondary N) is 2. The number of urea groups is 1. The summed E-state index contributed by atoms with van der Waals surface area (Å²) in [5.74, 6) is 0.538. The van der Waals surface area contributed by atoms with E-state index in [1.165, 1.54) is 11.1 Å². The van der Waals surface area contributed by atoms with E-state index in [0.717, 1.165) is 44.3 Å². The van der Waals surface area contributed by atoms with Crippen LogP contribution < -0.4 is 19.7 Å². The number of aliphatic hydroxyl groups is 1. The SMILES string of the molecule is CO[C@H]1/C=C/C[C@H](C)CS(=O)(NC(=O)N[C@@H]2CC[C@@H](O)C2)=NC(=O)c2ccc3c(c2)N(Cc2ccc(Cl)cc2CCCCO3)C[C@@H]2CC[C@H]21. The Morgan fingerprint density at radius 1 is 1.12 bits per heavy atom. The predicted molar refractivity (Wildman–Crippen MR) is 192 cm³/mol. The van der Waals surface area contributed by atoms with Gasteiger partial charge in [-0.3, -0.25) is 9.52 Å². The Morgan fingerprint density at radius 2 is 1.98 bits per heavy atom. The van der Waals surface area contributed by atoms with Crippen molar-refractivity contribution in [2.24, 2.45) is 22.1 Å². The summed E-state index contributed by atoms with van der Waals surface area (Å²) in [6.45, 7) is 3.80. The van der Waals surface area contributed by atoms with Gasteiger partial charge in [-0.1, -0.05) is 36.7 Å². The molecule has 2 heterocycles. The molecule has 1 unspecified atom stereocenters. The number of hydrogen-bond acceptors (Lipinski definition) is 7. The van der Waals surface area contributed by atoms with Crippen molar-refractivity contribution in [2.45, 2.75) is 89.5 Å². The molecule has 2 aliphatic heterocycles. The summed E-state index contributed by atoms with van der Waals surface area (Å²) in [6, 6.07) is 10.5. The molecule has 2 bridgehead atoms. The summed E-state index contributed by atoms with van der Waals surface area (Å²) >= 11 is 6.45. The molecule has 2 aromatic rings. The average molecular weight is 713 g/mol. The number of carbonyl (C=O) groups excluding carboxylic acids is 2. The number of halogens is 1. The Morgan fingerprint density at radius 3 is 2.73 bits per heavy atom. The van der Waals surface area contributed by atoms with Gasteiger partial charge in [-0.2, -0.15) is 0 Å². The van der Waals surface area contributed by atoms with Crippen LogP contribution in [0.15, 0.2) is 52.9 Å². The van der Waals surface area contributed by atoms with Crippen molar-refractivity contribution in [1.29, 1.82) is 0 Å². The van der Waals surface area contributed by atoms with Crippen molar-refractivity contribution < 1.29 is 28.4 Å². The highest BCUT2D eigenvalue weighted by Crippen LogP contribution is 2.42. The number of rotatable bonds is 3. The monoisotopic (exact) mass is 712 g/mol. The first-order chi connectivity index (χ1) is 23.6. The van der Waals surface area contributed by atoms with Crippen LogP contribution in [0.5, 0.6) is 5.75 Å². The molecule has 49 heavy (non-hydrogen) atoms. The molecular formula is C37H49ClN4O6S. The van der Waals surface area contributed by atoms with E-state index < -0.39 is 28.0 Å². The summed E-state index contributed by atoms with van der Waals surface area (Å²) in [4.78, 5) is 29.3. The molecule has 2 aliphatic carbocycles. The first-order valence-corrected chi connectivity index (χ1v) is 19.7. The van der Waals surface area contributed by atoms with Gasteiger partial charge in [0, 0.05) is 36.8 Å². The highest BCUT2D eigenvalue weighted by molar-refractivity contribution is 7.92. The van der Waals surface area contributed by atoms with E-state index in [-0.39, 0.29) is 29.4 Å². The summed E-state index contributed by atoms with van der Waals surface area (Å²) < 4.78 is 33.6. The quantitative estimate of drug-likeness (QED) is 0.313. The lowest BCUT2D eigenvalue weighted by molar-refractivity contribution is 0.0133. The molecule has 2 aromatic carbocycles. The fourth-order valence-electron chi connectivity index (χ4n) is 7.62. The number of hydrogen-bond donors (Lipinski definition) is 3. The van der Waals surface area contributed by atoms with Gasteiger partial charge in [0.05, 0.1) is 30.3 Å². The van der Waals surface area contributed by atoms with Crippen LogP contribution in [0.1, 0.15) is 79.8 Å². The number of benzene rings is 2. The van der Waals surface area contributed by atoms with E-state index in [2.05, 4.69) is 43.6 Å². The number of nitrogens with zero attached hydrogens (tertiary/aromatic N) is 2. The van der Waals surface area contributed by atoms with E-state index in [1.54, 1.807) is 19.2 Å². The van der Waals surface area contributed by atoms with Gasteiger partial charge in [0.1, 0.15) is 15.7 Å². The van der Waals surface area contributed by atoms with Gasteiger partial charge >= 0.3 is 6.03 Å². The standard InChI is InChI=1S/C37H49ClN4O6S/c1-24-6-5-8-34(47-2)32-15-10-28(32)22-42-21-27-9-12-29(38)18-25(27)7-3-4-17-48-35-16-11-26(19-33(35)42)36(44)40-49(46,23-24)41-37(45)39-30-13-14-31(43)20-30/h5,8-9,11-12,16,18-19,24,28,30-32,34,43H,3-4,6-7,10,13-15,17,20-23H2,1-2H3,(H2,39,40,41,44,45,46)/b8-5+/t24-,28-,30+,31+,32+,34-,49?/m0/s1. The summed E-state index contributed by atoms with van der Waals surface area (Å²) in [5.41, 5.74) is 3.43. The second-order valence-corrected chi connectivity index (χ2v) is 16.6. The van der Waals surface area contributed by atoms with Crippen LogP contribution in [0.25, 0.3) is 0 Å². The lowest BCUT2D eigenvalue weighted by Gasteiger charge is -2.43. The largest absolute Gasteiger partial charge is 0.491 e. The summed E-state index contributed by atoms with van der Waals surface area (Å²) in [7, 11) is -1.78. The molecule has 3 N–H and O–H groups in total. The molecule has 266 valence electrons. The van der Waals surface area contributed by atoms with E-state index in [9.17, 15) is 18.9 Å². The molecular weight excluding hydrogens is 664 g/mol. The van der Waals surface area contributed by atoms with Gasteiger partial charge in [-0.25, -0.2) is 9.00 Å². The number of aryl methyl sites for hydroxylation is 1. The van der Waals surface area contributed by atoms with Gasteiger partial charge in [0.15, 0.2) is 0 Å². The predicted octanol–water partition coefficient (Wildman–Crippen LogP) is 6.43. The molecule has 10 nitrogen and oxygen atoms in total. The summed E-state index contributed by atoms with van der Waals surface area (Å²) in [6.07, 6.45) is 10.7. The minimum Gasteiger partial charge on any atom is -0.491 e. The van der Waals surface area contributed by atoms with Crippen molar-refractivity contribution >= 4 is 39.1 Å². The minimum absolute atomic E-state index is 0.00693. The molecule has 0 radical (unpaired) electrons. The van der Waals surface area contributed by atoms with Crippen molar-refractivity contribution in [3.8, 4) is 5.75 Å². The Hall–Kier alpha value is -3.12. The third kappa shape index (κ3) is 8.98. The molecule has 2 saturated carbocycles. The van der Waals surface area contributed by atoms with Gasteiger partial charge in [0.25, 0.3) is 5.91 Å². The van der Waals surface area contributed by atoms with Gasteiger partial charge in [-0.15, -0.1) is 4.36 Å². The molecule has 0 saturated heterocycles. The first kappa shape index (κ1) is 35.7. The molecule has 4 aliphatic rings. The van der Waals surface area contributed by atoms with Crippen molar-refractivity contribution in [1.82, 2.24) is 10.0 Å². The lowest BCUT2D eigenvalue weighted by Crippen LogP contribution is -2.45. The Balaban J connectivity index is 1.41. The van der Waals surface area contributed by atoms with Crippen LogP contribution in [-0.2, 0) is 27.6 Å². The second-order valence-electron chi connectivity index (χ2n) is 14.2. The fourth-order valence-corrected chi connectivity index (χ4v) is 9.65. The molecule has 12 heteroatoms. The fraction of sp³-hybridized carbons (Fsp3) is 0.568. The van der Waals surface area contributed by atoms with Crippen LogP contribution in [0, 0.1) is 17.8 Å². The van der Waals surface area contributed by atoms with Crippen molar-refractivity contribution in [3.05, 3.63) is 70.3 Å². The third-order valence-electron chi connectivity index (χ3n) is 10.4. The first-order valence-electron chi connectivity index (χ1n) is 17.6. The van der Waals surface area contributed by atoms with Crippen molar-refractivity contribution in [3.63, 3.8) is 0 Å². The number of methoxy groups -OCH3 is 1. The number of amides is 3. The van der Waals surface area contributed by atoms with E-state index in [0.29, 0.717) is 61.4 Å². The van der Waals surface area contributed by atoms with Crippen molar-refractivity contribution in [2.75, 3.05) is 30.9 Å². The van der Waals surface area contributed by atoms with Crippen LogP contribution in [-0.4, -0.2) is 65.5 Å². The number of aliphatic hydroxyl groups excluding tert-OH is 1. The zero-order valence-electron chi connectivity index (χ0n) is 28.4. The van der Waals surface area contributed by atoms with E-state index in [1.807, 2.05) is 19.1 Å². The number of fused-ring (bicyclic) bond motifs is 3. The average Bonchev–Trinajstić information content (AvgIpc) is 3.44. The maximum Gasteiger partial charge on any atom is 0.327 e. The van der Waals surface area contributed by atoms with Crippen LogP contribution in [0.4, 0.5) is 10.5 Å². The normalized spacial score (nSPS) is 31.4. The molecule has 3 amide bonds.